The van der Waals surface area contributed by atoms with Crippen molar-refractivity contribution in [3.05, 3.63) is 0 Å². The van der Waals surface area contributed by atoms with Gasteiger partial charge in [-0.15, -0.1) is 0 Å². The summed E-state index contributed by atoms with van der Waals surface area (Å²) in [5, 5.41) is 0. The molecule has 1 saturated heterocycles. The quantitative estimate of drug-likeness (QED) is 0.455. The Hall–Kier alpha value is -1.01. The minimum atomic E-state index is -0.760. The van der Waals surface area contributed by atoms with Gasteiger partial charge < -0.3 is 10.5 Å². The Labute approximate surface area is 112 Å². The molecule has 0 radical (unpaired) electrons. The lowest BCUT2D eigenvalue weighted by molar-refractivity contribution is -0.164. The summed E-state index contributed by atoms with van der Waals surface area (Å²) in [6, 6.07) is 0. The third-order valence-corrected chi connectivity index (χ3v) is 4.15. The highest BCUT2D eigenvalue weighted by Gasteiger charge is 2.47. The van der Waals surface area contributed by atoms with Gasteiger partial charge in [0.1, 0.15) is 18.8 Å². The number of nitrogens with two attached hydrogens (primary N) is 1. The number of nitrogens with zero attached hydrogens (tertiary/aromatic N) is 1. The smallest absolute Gasteiger partial charge is 0.256 e. The number of thiocarbonyl (C=S) groups is 1. The van der Waals surface area contributed by atoms with Crippen LogP contribution in [0.2, 0.25) is 0 Å². The van der Waals surface area contributed by atoms with Gasteiger partial charge in [-0.05, 0) is 12.8 Å². The molecule has 2 fully saturated rings. The van der Waals surface area contributed by atoms with Crippen LogP contribution in [0.4, 0.5) is 0 Å². The fourth-order valence-electron chi connectivity index (χ4n) is 2.86. The zero-order chi connectivity index (χ0) is 13.2. The predicted molar refractivity (Wildman–Crippen MR) is 69.9 cm³/mol. The van der Waals surface area contributed by atoms with Crippen LogP contribution in [-0.2, 0) is 14.3 Å². The van der Waals surface area contributed by atoms with E-state index in [2.05, 4.69) is 0 Å². The Kier molecular flexibility index (Phi) is 3.97. The molecule has 100 valence electrons. The largest absolute Gasteiger partial charge is 0.391 e. The molecule has 1 saturated carbocycles. The van der Waals surface area contributed by atoms with Crippen LogP contribution in [0.3, 0.4) is 0 Å². The molecule has 0 aromatic carbocycles. The molecule has 0 aromatic heterocycles. The first-order valence-corrected chi connectivity index (χ1v) is 6.72. The fraction of sp³-hybridized carbons (Fsp3) is 0.750. The van der Waals surface area contributed by atoms with Gasteiger partial charge in [-0.25, -0.2) is 0 Å². The average molecular weight is 270 g/mol. The van der Waals surface area contributed by atoms with Gasteiger partial charge in [-0.3, -0.25) is 14.5 Å². The van der Waals surface area contributed by atoms with Crippen molar-refractivity contribution < 1.29 is 14.3 Å². The summed E-state index contributed by atoms with van der Waals surface area (Å²) >= 11 is 5.17. The van der Waals surface area contributed by atoms with Gasteiger partial charge in [0.05, 0.1) is 4.99 Å². The van der Waals surface area contributed by atoms with Crippen molar-refractivity contribution in [3.63, 3.8) is 0 Å². The molecule has 18 heavy (non-hydrogen) atoms. The van der Waals surface area contributed by atoms with E-state index < -0.39 is 5.54 Å². The second kappa shape index (κ2) is 5.32. The van der Waals surface area contributed by atoms with Crippen LogP contribution < -0.4 is 5.73 Å². The summed E-state index contributed by atoms with van der Waals surface area (Å²) in [6.07, 6.45) is 5.43. The minimum Gasteiger partial charge on any atom is -0.391 e. The Morgan fingerprint density at radius 2 is 1.61 bits per heavy atom. The van der Waals surface area contributed by atoms with E-state index in [-0.39, 0.29) is 30.0 Å². The van der Waals surface area contributed by atoms with E-state index in [1.165, 1.54) is 4.90 Å². The first kappa shape index (κ1) is 13.4. The van der Waals surface area contributed by atoms with Gasteiger partial charge in [-0.1, -0.05) is 37.9 Å². The number of amides is 2. The van der Waals surface area contributed by atoms with E-state index in [1.807, 2.05) is 0 Å². The molecule has 2 N–H and O–H groups in total. The van der Waals surface area contributed by atoms with E-state index in [4.69, 9.17) is 22.7 Å². The van der Waals surface area contributed by atoms with Crippen LogP contribution in [0.15, 0.2) is 0 Å². The Balaban J connectivity index is 2.35. The monoisotopic (exact) mass is 270 g/mol. The fourth-order valence-corrected chi connectivity index (χ4v) is 3.16. The van der Waals surface area contributed by atoms with Crippen LogP contribution >= 0.6 is 12.2 Å². The van der Waals surface area contributed by atoms with Crippen molar-refractivity contribution in [2.45, 2.75) is 44.1 Å². The summed E-state index contributed by atoms with van der Waals surface area (Å²) in [5.41, 5.74) is 5.11. The highest BCUT2D eigenvalue weighted by Crippen LogP contribution is 2.34. The molecule has 0 spiro atoms. The molecular weight excluding hydrogens is 252 g/mol. The first-order chi connectivity index (χ1) is 8.58. The maximum atomic E-state index is 12.0. The van der Waals surface area contributed by atoms with Crippen molar-refractivity contribution >= 4 is 29.0 Å². The number of imide groups is 1. The lowest BCUT2D eigenvalue weighted by Gasteiger charge is -2.43. The normalized spacial score (nSPS) is 24.8. The van der Waals surface area contributed by atoms with E-state index in [1.54, 1.807) is 0 Å². The van der Waals surface area contributed by atoms with Crippen LogP contribution in [0.25, 0.3) is 0 Å². The van der Waals surface area contributed by atoms with E-state index >= 15 is 0 Å². The molecule has 2 rings (SSSR count). The zero-order valence-electron chi connectivity index (χ0n) is 10.3. The minimum absolute atomic E-state index is 0.0594. The predicted octanol–water partition coefficient (Wildman–Crippen LogP) is 0.751. The summed E-state index contributed by atoms with van der Waals surface area (Å²) in [5.74, 6) is -0.637. The topological polar surface area (TPSA) is 72.6 Å². The molecule has 6 heteroatoms. The highest BCUT2D eigenvalue weighted by molar-refractivity contribution is 7.80. The third kappa shape index (κ3) is 2.27. The van der Waals surface area contributed by atoms with Gasteiger partial charge >= 0.3 is 0 Å². The van der Waals surface area contributed by atoms with Crippen molar-refractivity contribution in [2.24, 2.45) is 5.73 Å². The van der Waals surface area contributed by atoms with Crippen molar-refractivity contribution in [1.29, 1.82) is 0 Å². The summed E-state index contributed by atoms with van der Waals surface area (Å²) < 4.78 is 4.95. The molecule has 0 bridgehead atoms. The molecule has 5 nitrogen and oxygen atoms in total. The van der Waals surface area contributed by atoms with Gasteiger partial charge in [0.25, 0.3) is 11.8 Å². The molecule has 0 unspecified atom stereocenters. The maximum absolute atomic E-state index is 12.0. The third-order valence-electron chi connectivity index (χ3n) is 3.77. The second-order valence-corrected chi connectivity index (χ2v) is 5.37. The molecule has 1 aliphatic heterocycles. The lowest BCUT2D eigenvalue weighted by atomic mass is 9.87. The molecule has 0 atom stereocenters. The molecule has 1 heterocycles. The Bertz CT molecular complexity index is 360. The Morgan fingerprint density at radius 3 is 2.06 bits per heavy atom. The SMILES string of the molecule is NC(=S)C1(N2C(=O)COCC2=O)CCCCCC1. The maximum Gasteiger partial charge on any atom is 0.256 e. The number of hydrogen-bond donors (Lipinski definition) is 1. The van der Waals surface area contributed by atoms with Crippen molar-refractivity contribution in [3.8, 4) is 0 Å². The standard InChI is InChI=1S/C12H18N2O3S/c13-11(18)12(5-3-1-2-4-6-12)14-9(15)7-17-8-10(14)16/h1-8H2,(H2,13,18). The van der Waals surface area contributed by atoms with Crippen LogP contribution in [0.1, 0.15) is 38.5 Å². The van der Waals surface area contributed by atoms with E-state index in [9.17, 15) is 9.59 Å². The molecular formula is C12H18N2O3S. The second-order valence-electron chi connectivity index (χ2n) is 4.93. The molecule has 1 aliphatic carbocycles. The Morgan fingerprint density at radius 1 is 1.11 bits per heavy atom. The number of rotatable bonds is 2. The highest BCUT2D eigenvalue weighted by atomic mass is 32.1. The molecule has 2 aliphatic rings. The number of morpholine rings is 1. The van der Waals surface area contributed by atoms with Crippen LogP contribution in [0, 0.1) is 0 Å². The lowest BCUT2D eigenvalue weighted by Crippen LogP contribution is -2.64. The van der Waals surface area contributed by atoms with Crippen LogP contribution in [0.5, 0.6) is 0 Å². The number of hydrogen-bond acceptors (Lipinski definition) is 4. The van der Waals surface area contributed by atoms with Gasteiger partial charge in [0, 0.05) is 0 Å². The van der Waals surface area contributed by atoms with Gasteiger partial charge in [-0.2, -0.15) is 0 Å². The van der Waals surface area contributed by atoms with Crippen molar-refractivity contribution in [2.75, 3.05) is 13.2 Å². The van der Waals surface area contributed by atoms with Crippen molar-refractivity contribution in [1.82, 2.24) is 4.90 Å². The summed E-state index contributed by atoms with van der Waals surface area (Å²) in [4.78, 5) is 25.5. The van der Waals surface area contributed by atoms with E-state index in [0.29, 0.717) is 12.8 Å². The average Bonchev–Trinajstić information content (AvgIpc) is 2.55. The number of carbonyl (C=O) groups is 2. The first-order valence-electron chi connectivity index (χ1n) is 6.31. The zero-order valence-corrected chi connectivity index (χ0v) is 11.1. The van der Waals surface area contributed by atoms with Gasteiger partial charge in [0.15, 0.2) is 0 Å². The summed E-state index contributed by atoms with van der Waals surface area (Å²) in [6.45, 7) is -0.119. The molecule has 0 aromatic rings. The van der Waals surface area contributed by atoms with E-state index in [0.717, 1.165) is 25.7 Å². The summed E-state index contributed by atoms with van der Waals surface area (Å²) in [7, 11) is 0. The number of ether oxygens (including phenoxy) is 1. The molecule has 2 amide bonds. The van der Waals surface area contributed by atoms with Crippen LogP contribution in [-0.4, -0.2) is 40.5 Å². The van der Waals surface area contributed by atoms with Gasteiger partial charge in [0.2, 0.25) is 0 Å². The number of carbonyl (C=O) groups excluding carboxylic acids is 2.